The van der Waals surface area contributed by atoms with E-state index in [9.17, 15) is 13.2 Å². The summed E-state index contributed by atoms with van der Waals surface area (Å²) in [6, 6.07) is 1.01. The third kappa shape index (κ3) is 2.56. The van der Waals surface area contributed by atoms with E-state index in [4.69, 9.17) is 23.1 Å². The molecule has 0 saturated heterocycles. The van der Waals surface area contributed by atoms with Crippen molar-refractivity contribution in [3.63, 3.8) is 0 Å². The number of hydrogen-bond acceptors (Lipinski definition) is 4. The van der Waals surface area contributed by atoms with Crippen LogP contribution in [0.2, 0.25) is 5.15 Å². The van der Waals surface area contributed by atoms with E-state index in [2.05, 4.69) is 9.72 Å². The number of halogens is 4. The molecule has 0 spiro atoms. The second kappa shape index (κ2) is 3.41. The van der Waals surface area contributed by atoms with Gasteiger partial charge in [-0.05, 0) is 0 Å². The summed E-state index contributed by atoms with van der Waals surface area (Å²) in [5.41, 5.74) is 10.0. The highest BCUT2D eigenvalue weighted by Gasteiger charge is 2.33. The van der Waals surface area contributed by atoms with Gasteiger partial charge in [0, 0.05) is 6.07 Å². The first-order valence-electron chi connectivity index (χ1n) is 3.27. The Balaban J connectivity index is 3.09. The van der Waals surface area contributed by atoms with E-state index >= 15 is 0 Å². The maximum atomic E-state index is 11.8. The molecule has 14 heavy (non-hydrogen) atoms. The quantitative estimate of drug-likeness (QED) is 0.718. The lowest BCUT2D eigenvalue weighted by Crippen LogP contribution is -2.19. The monoisotopic (exact) mass is 227 g/mol. The zero-order valence-corrected chi connectivity index (χ0v) is 7.36. The van der Waals surface area contributed by atoms with Gasteiger partial charge in [0.25, 0.3) is 0 Å². The first kappa shape index (κ1) is 10.7. The van der Waals surface area contributed by atoms with Crippen LogP contribution in [-0.2, 0) is 0 Å². The van der Waals surface area contributed by atoms with E-state index in [-0.39, 0.29) is 10.8 Å². The average molecular weight is 228 g/mol. The Hall–Kier alpha value is -1.37. The number of aromatic nitrogens is 1. The molecule has 0 amide bonds. The Morgan fingerprint density at radius 3 is 2.36 bits per heavy atom. The van der Waals surface area contributed by atoms with Crippen LogP contribution in [0.4, 0.5) is 24.7 Å². The Morgan fingerprint density at radius 1 is 1.36 bits per heavy atom. The fourth-order valence-electron chi connectivity index (χ4n) is 0.767. The fourth-order valence-corrected chi connectivity index (χ4v) is 0.975. The molecule has 0 unspecified atom stereocenters. The first-order chi connectivity index (χ1) is 6.29. The van der Waals surface area contributed by atoms with Crippen LogP contribution in [0.25, 0.3) is 0 Å². The van der Waals surface area contributed by atoms with Gasteiger partial charge < -0.3 is 16.2 Å². The molecule has 0 aliphatic rings. The minimum atomic E-state index is -4.86. The van der Waals surface area contributed by atoms with Gasteiger partial charge in [0.15, 0.2) is 11.6 Å². The van der Waals surface area contributed by atoms with Gasteiger partial charge >= 0.3 is 6.36 Å². The predicted octanol–water partition coefficient (Wildman–Crippen LogP) is 1.80. The molecule has 1 aromatic heterocycles. The molecular weight excluding hydrogens is 223 g/mol. The third-order valence-electron chi connectivity index (χ3n) is 1.21. The Bertz CT molecular complexity index is 332. The second-order valence-corrected chi connectivity index (χ2v) is 2.68. The van der Waals surface area contributed by atoms with Crippen molar-refractivity contribution >= 4 is 23.1 Å². The molecule has 0 bridgehead atoms. The highest BCUT2D eigenvalue weighted by atomic mass is 35.5. The molecule has 0 aliphatic carbocycles. The van der Waals surface area contributed by atoms with Gasteiger partial charge in [0.1, 0.15) is 5.15 Å². The lowest BCUT2D eigenvalue weighted by Gasteiger charge is -2.12. The van der Waals surface area contributed by atoms with E-state index in [0.717, 1.165) is 6.07 Å². The predicted molar refractivity (Wildman–Crippen MR) is 44.8 cm³/mol. The smallest absolute Gasteiger partial charge is 0.400 e. The van der Waals surface area contributed by atoms with Gasteiger partial charge in [-0.2, -0.15) is 0 Å². The van der Waals surface area contributed by atoms with Gasteiger partial charge in [-0.1, -0.05) is 11.6 Å². The Labute approximate surface area is 81.6 Å². The molecule has 4 nitrogen and oxygen atoms in total. The summed E-state index contributed by atoms with van der Waals surface area (Å²) in [6.45, 7) is 0. The molecule has 8 heteroatoms. The second-order valence-electron chi connectivity index (χ2n) is 2.30. The molecule has 0 aliphatic heterocycles. The topological polar surface area (TPSA) is 74.2 Å². The summed E-state index contributed by atoms with van der Waals surface area (Å²) >= 11 is 5.39. The van der Waals surface area contributed by atoms with Crippen molar-refractivity contribution in [2.75, 3.05) is 11.5 Å². The molecular formula is C6H5ClF3N3O. The van der Waals surface area contributed by atoms with E-state index in [0.29, 0.717) is 0 Å². The standard InChI is InChI=1S/C6H5ClF3N3O/c7-3-1-2(11)4(5(12)13-3)14-6(8,9)10/h1H,(H4,11,12,13). The minimum Gasteiger partial charge on any atom is -0.400 e. The number of anilines is 2. The number of nitrogen functional groups attached to an aromatic ring is 2. The van der Waals surface area contributed by atoms with Crippen molar-refractivity contribution in [1.82, 2.24) is 4.98 Å². The maximum absolute atomic E-state index is 11.8. The van der Waals surface area contributed by atoms with Crippen molar-refractivity contribution in [2.45, 2.75) is 6.36 Å². The normalized spacial score (nSPS) is 11.4. The van der Waals surface area contributed by atoms with Crippen LogP contribution in [-0.4, -0.2) is 11.3 Å². The summed E-state index contributed by atoms with van der Waals surface area (Å²) in [6.07, 6.45) is -4.86. The number of hydrogen-bond donors (Lipinski definition) is 2. The number of nitrogens with two attached hydrogens (primary N) is 2. The summed E-state index contributed by atoms with van der Waals surface area (Å²) in [5.74, 6) is -1.24. The fraction of sp³-hybridized carbons (Fsp3) is 0.167. The molecule has 0 atom stereocenters. The van der Waals surface area contributed by atoms with Crippen LogP contribution in [0.3, 0.4) is 0 Å². The van der Waals surface area contributed by atoms with Crippen LogP contribution in [0.15, 0.2) is 6.07 Å². The zero-order valence-electron chi connectivity index (χ0n) is 6.60. The molecule has 4 N–H and O–H groups in total. The lowest BCUT2D eigenvalue weighted by atomic mass is 10.3. The van der Waals surface area contributed by atoms with Crippen LogP contribution in [0, 0.1) is 0 Å². The van der Waals surface area contributed by atoms with Crippen LogP contribution in [0.1, 0.15) is 0 Å². The number of pyridine rings is 1. The van der Waals surface area contributed by atoms with Crippen LogP contribution < -0.4 is 16.2 Å². The summed E-state index contributed by atoms with van der Waals surface area (Å²) in [4.78, 5) is 3.36. The van der Waals surface area contributed by atoms with Gasteiger partial charge in [0.05, 0.1) is 5.69 Å². The van der Waals surface area contributed by atoms with Gasteiger partial charge in [-0.25, -0.2) is 4.98 Å². The molecule has 1 aromatic rings. The van der Waals surface area contributed by atoms with Crippen molar-refractivity contribution in [3.8, 4) is 5.75 Å². The molecule has 1 heterocycles. The first-order valence-corrected chi connectivity index (χ1v) is 3.64. The summed E-state index contributed by atoms with van der Waals surface area (Å²) in [5, 5.41) is -0.102. The summed E-state index contributed by atoms with van der Waals surface area (Å²) < 4.78 is 39.0. The molecule has 0 radical (unpaired) electrons. The van der Waals surface area contributed by atoms with Crippen molar-refractivity contribution in [3.05, 3.63) is 11.2 Å². The van der Waals surface area contributed by atoms with Crippen LogP contribution >= 0.6 is 11.6 Å². The molecule has 0 aromatic carbocycles. The molecule has 1 rings (SSSR count). The lowest BCUT2D eigenvalue weighted by molar-refractivity contribution is -0.274. The van der Waals surface area contributed by atoms with E-state index in [1.807, 2.05) is 0 Å². The summed E-state index contributed by atoms with van der Waals surface area (Å²) in [7, 11) is 0. The Morgan fingerprint density at radius 2 is 1.93 bits per heavy atom. The highest BCUT2D eigenvalue weighted by molar-refractivity contribution is 6.29. The molecule has 0 fully saturated rings. The van der Waals surface area contributed by atoms with Gasteiger partial charge in [-0.3, -0.25) is 0 Å². The van der Waals surface area contributed by atoms with Gasteiger partial charge in [-0.15, -0.1) is 13.2 Å². The number of alkyl halides is 3. The highest BCUT2D eigenvalue weighted by Crippen LogP contribution is 2.34. The van der Waals surface area contributed by atoms with E-state index in [1.54, 1.807) is 0 Å². The molecule has 78 valence electrons. The van der Waals surface area contributed by atoms with Crippen LogP contribution in [0.5, 0.6) is 5.75 Å². The van der Waals surface area contributed by atoms with E-state index in [1.165, 1.54) is 0 Å². The zero-order chi connectivity index (χ0) is 10.9. The van der Waals surface area contributed by atoms with Gasteiger partial charge in [0.2, 0.25) is 0 Å². The van der Waals surface area contributed by atoms with Crippen molar-refractivity contribution in [1.29, 1.82) is 0 Å². The number of ether oxygens (including phenoxy) is 1. The third-order valence-corrected chi connectivity index (χ3v) is 1.41. The van der Waals surface area contributed by atoms with Crippen molar-refractivity contribution in [2.24, 2.45) is 0 Å². The molecule has 0 saturated carbocycles. The van der Waals surface area contributed by atoms with E-state index < -0.39 is 17.9 Å². The SMILES string of the molecule is Nc1cc(Cl)nc(N)c1OC(F)(F)F. The van der Waals surface area contributed by atoms with Crippen molar-refractivity contribution < 1.29 is 17.9 Å². The largest absolute Gasteiger partial charge is 0.573 e. The minimum absolute atomic E-state index is 0.102. The average Bonchev–Trinajstić information content (AvgIpc) is 1.95. The number of nitrogens with zero attached hydrogens (tertiary/aromatic N) is 1. The Kier molecular flexibility index (Phi) is 2.61. The number of rotatable bonds is 1. The maximum Gasteiger partial charge on any atom is 0.573 e.